The summed E-state index contributed by atoms with van der Waals surface area (Å²) in [7, 11) is 0. The van der Waals surface area contributed by atoms with Crippen molar-refractivity contribution in [2.45, 2.75) is 32.3 Å². The molecule has 150 valence electrons. The van der Waals surface area contributed by atoms with Crippen molar-refractivity contribution in [2.24, 2.45) is 0 Å². The van der Waals surface area contributed by atoms with Crippen LogP contribution >= 0.6 is 0 Å². The van der Waals surface area contributed by atoms with Crippen LogP contribution in [0.2, 0.25) is 0 Å². The highest BCUT2D eigenvalue weighted by Crippen LogP contribution is 2.29. The number of fused-ring (bicyclic) bond motifs is 1. The number of benzene rings is 3. The zero-order valence-corrected chi connectivity index (χ0v) is 16.8. The lowest BCUT2D eigenvalue weighted by atomic mass is 9.99. The second kappa shape index (κ2) is 10.0. The Morgan fingerprint density at radius 3 is 2.62 bits per heavy atom. The third-order valence-corrected chi connectivity index (χ3v) is 4.79. The van der Waals surface area contributed by atoms with Gasteiger partial charge in [-0.15, -0.1) is 0 Å². The summed E-state index contributed by atoms with van der Waals surface area (Å²) in [6.07, 6.45) is 7.97. The highest BCUT2D eigenvalue weighted by Gasteiger charge is 2.07. The fourth-order valence-corrected chi connectivity index (χ4v) is 3.26. The number of halogens is 1. The third kappa shape index (κ3) is 5.78. The number of aliphatic hydroxyl groups excluding tert-OH is 1. The van der Waals surface area contributed by atoms with Gasteiger partial charge in [0.1, 0.15) is 18.2 Å². The second-order valence-electron chi connectivity index (χ2n) is 7.24. The molecule has 2 nitrogen and oxygen atoms in total. The van der Waals surface area contributed by atoms with Crippen LogP contribution in [0.4, 0.5) is 4.39 Å². The number of hydrogen-bond donors (Lipinski definition) is 1. The molecule has 3 aromatic carbocycles. The van der Waals surface area contributed by atoms with Crippen molar-refractivity contribution in [1.82, 2.24) is 0 Å². The fraction of sp³-hybridized carbons (Fsp3) is 0.231. The van der Waals surface area contributed by atoms with E-state index in [4.69, 9.17) is 4.74 Å². The number of unbranched alkanes of at least 4 members (excludes halogenated alkanes) is 1. The molecule has 0 aromatic heterocycles. The summed E-state index contributed by atoms with van der Waals surface area (Å²) < 4.78 is 20.3. The number of ether oxygens (including phenoxy) is 1. The van der Waals surface area contributed by atoms with Gasteiger partial charge in [0.05, 0.1) is 6.10 Å². The maximum absolute atomic E-state index is 14.7. The van der Waals surface area contributed by atoms with E-state index in [1.807, 2.05) is 60.7 Å². The normalized spacial score (nSPS) is 12.4. The van der Waals surface area contributed by atoms with E-state index in [0.29, 0.717) is 12.2 Å². The molecule has 0 heterocycles. The van der Waals surface area contributed by atoms with Crippen LogP contribution in [0.15, 0.2) is 73.3 Å². The van der Waals surface area contributed by atoms with Gasteiger partial charge in [0.15, 0.2) is 0 Å². The van der Waals surface area contributed by atoms with Gasteiger partial charge in [0.2, 0.25) is 0 Å². The summed E-state index contributed by atoms with van der Waals surface area (Å²) in [5.74, 6) is 0.558. The van der Waals surface area contributed by atoms with Crippen LogP contribution in [0.25, 0.3) is 28.0 Å². The zero-order valence-electron chi connectivity index (χ0n) is 16.8. The summed E-state index contributed by atoms with van der Waals surface area (Å²) in [6, 6.07) is 17.1. The molecule has 1 N–H and O–H groups in total. The monoisotopic (exact) mass is 390 g/mol. The molecule has 0 fully saturated rings. The number of allylic oxidation sites excluding steroid dienone is 1. The Hall–Kier alpha value is -2.91. The lowest BCUT2D eigenvalue weighted by Gasteiger charge is -2.08. The molecule has 3 aromatic rings. The third-order valence-electron chi connectivity index (χ3n) is 4.79. The van der Waals surface area contributed by atoms with E-state index in [-0.39, 0.29) is 11.9 Å². The van der Waals surface area contributed by atoms with Crippen molar-refractivity contribution in [2.75, 3.05) is 6.61 Å². The van der Waals surface area contributed by atoms with Gasteiger partial charge >= 0.3 is 0 Å². The Bertz CT molecular complexity index is 1000. The van der Waals surface area contributed by atoms with Gasteiger partial charge in [0, 0.05) is 5.56 Å². The molecular formula is C26H27FO2. The van der Waals surface area contributed by atoms with E-state index in [1.165, 1.54) is 0 Å². The molecule has 0 saturated heterocycles. The maximum atomic E-state index is 14.7. The molecule has 0 spiro atoms. The largest absolute Gasteiger partial charge is 0.490 e. The standard InChI is InChI=1S/C26H27FO2/c1-3-15-29-24-13-12-21-17-23(11-10-22(21)18-24)25-14-9-20(16-26(25)27)8-6-4-5-7-19(2)28/h3,6,8-14,16-19,28H,1,4-5,7,15H2,2H3. The molecule has 0 aliphatic carbocycles. The minimum Gasteiger partial charge on any atom is -0.490 e. The van der Waals surface area contributed by atoms with Crippen LogP contribution in [-0.2, 0) is 0 Å². The van der Waals surface area contributed by atoms with E-state index in [2.05, 4.69) is 6.58 Å². The van der Waals surface area contributed by atoms with Gasteiger partial charge in [-0.3, -0.25) is 0 Å². The number of hydrogen-bond acceptors (Lipinski definition) is 2. The quantitative estimate of drug-likeness (QED) is 0.322. The van der Waals surface area contributed by atoms with Gasteiger partial charge < -0.3 is 9.84 Å². The summed E-state index contributed by atoms with van der Waals surface area (Å²) in [5.41, 5.74) is 2.28. The van der Waals surface area contributed by atoms with Gasteiger partial charge in [-0.1, -0.05) is 55.1 Å². The minimum atomic E-state index is -0.270. The molecule has 29 heavy (non-hydrogen) atoms. The molecule has 3 rings (SSSR count). The topological polar surface area (TPSA) is 29.5 Å². The average molecular weight is 390 g/mol. The predicted octanol–water partition coefficient (Wildman–Crippen LogP) is 6.78. The van der Waals surface area contributed by atoms with E-state index in [0.717, 1.165) is 46.9 Å². The van der Waals surface area contributed by atoms with Gasteiger partial charge in [-0.25, -0.2) is 4.39 Å². The fourth-order valence-electron chi connectivity index (χ4n) is 3.26. The summed E-state index contributed by atoms with van der Waals surface area (Å²) in [6.45, 7) is 5.91. The van der Waals surface area contributed by atoms with Crippen molar-refractivity contribution in [3.8, 4) is 16.9 Å². The van der Waals surface area contributed by atoms with Crippen molar-refractivity contribution in [3.63, 3.8) is 0 Å². The van der Waals surface area contributed by atoms with Gasteiger partial charge in [0.25, 0.3) is 0 Å². The molecule has 1 unspecified atom stereocenters. The van der Waals surface area contributed by atoms with E-state index >= 15 is 0 Å². The first kappa shape index (κ1) is 20.8. The molecule has 0 aliphatic rings. The van der Waals surface area contributed by atoms with E-state index in [1.54, 1.807) is 19.1 Å². The summed E-state index contributed by atoms with van der Waals surface area (Å²) in [4.78, 5) is 0. The molecule has 0 radical (unpaired) electrons. The van der Waals surface area contributed by atoms with Crippen LogP contribution in [0, 0.1) is 5.82 Å². The molecule has 1 atom stereocenters. The minimum absolute atomic E-state index is 0.235. The Morgan fingerprint density at radius 1 is 1.07 bits per heavy atom. The highest BCUT2D eigenvalue weighted by molar-refractivity contribution is 5.88. The molecule has 0 aliphatic heterocycles. The summed E-state index contributed by atoms with van der Waals surface area (Å²) in [5, 5.41) is 11.4. The Labute approximate surface area is 172 Å². The Kier molecular flexibility index (Phi) is 7.20. The van der Waals surface area contributed by atoms with Crippen molar-refractivity contribution < 1.29 is 14.2 Å². The van der Waals surface area contributed by atoms with Crippen LogP contribution in [0.5, 0.6) is 5.75 Å². The van der Waals surface area contributed by atoms with Crippen molar-refractivity contribution in [1.29, 1.82) is 0 Å². The molecular weight excluding hydrogens is 363 g/mol. The Balaban J connectivity index is 1.75. The molecule has 0 bridgehead atoms. The van der Waals surface area contributed by atoms with Gasteiger partial charge in [-0.05, 0) is 72.4 Å². The lowest BCUT2D eigenvalue weighted by molar-refractivity contribution is 0.182. The molecule has 3 heteroatoms. The van der Waals surface area contributed by atoms with Gasteiger partial charge in [-0.2, -0.15) is 0 Å². The van der Waals surface area contributed by atoms with E-state index < -0.39 is 0 Å². The smallest absolute Gasteiger partial charge is 0.131 e. The molecule has 0 saturated carbocycles. The first-order valence-corrected chi connectivity index (χ1v) is 9.99. The first-order valence-electron chi connectivity index (χ1n) is 9.99. The zero-order chi connectivity index (χ0) is 20.6. The second-order valence-corrected chi connectivity index (χ2v) is 7.24. The van der Waals surface area contributed by atoms with Crippen molar-refractivity contribution >= 4 is 16.8 Å². The van der Waals surface area contributed by atoms with Crippen LogP contribution in [0.3, 0.4) is 0 Å². The highest BCUT2D eigenvalue weighted by atomic mass is 19.1. The summed E-state index contributed by atoms with van der Waals surface area (Å²) >= 11 is 0. The molecule has 0 amide bonds. The lowest BCUT2D eigenvalue weighted by Crippen LogP contribution is -1.97. The van der Waals surface area contributed by atoms with Crippen molar-refractivity contribution in [3.05, 3.63) is 84.7 Å². The SMILES string of the molecule is C=CCOc1ccc2cc(-c3ccc(C=CCCCC(C)O)cc3F)ccc2c1. The van der Waals surface area contributed by atoms with E-state index in [9.17, 15) is 9.50 Å². The average Bonchev–Trinajstić information content (AvgIpc) is 2.71. The maximum Gasteiger partial charge on any atom is 0.131 e. The first-order chi connectivity index (χ1) is 14.1. The van der Waals surface area contributed by atoms with Crippen LogP contribution in [0.1, 0.15) is 31.7 Å². The Morgan fingerprint density at radius 2 is 1.86 bits per heavy atom. The number of rotatable bonds is 9. The van der Waals surface area contributed by atoms with Crippen LogP contribution in [-0.4, -0.2) is 17.8 Å². The number of aliphatic hydroxyl groups is 1. The predicted molar refractivity (Wildman–Crippen MR) is 120 cm³/mol. The van der Waals surface area contributed by atoms with Crippen LogP contribution < -0.4 is 4.74 Å².